The molecule has 0 aromatic carbocycles. The van der Waals surface area contributed by atoms with Gasteiger partial charge >= 0.3 is 0 Å². The number of rotatable bonds is 1. The van der Waals surface area contributed by atoms with Crippen molar-refractivity contribution in [1.82, 2.24) is 0 Å². The highest BCUT2D eigenvalue weighted by atomic mass is 16.1. The van der Waals surface area contributed by atoms with Crippen LogP contribution in [0, 0.1) is 22.7 Å². The molecule has 1 rings (SSSR count). The zero-order chi connectivity index (χ0) is 11.5. The lowest BCUT2D eigenvalue weighted by Crippen LogP contribution is -2.27. The molecule has 0 aliphatic heterocycles. The van der Waals surface area contributed by atoms with Crippen molar-refractivity contribution < 1.29 is 4.79 Å². The molecule has 1 saturated carbocycles. The zero-order valence-corrected chi connectivity index (χ0v) is 10.4. The van der Waals surface area contributed by atoms with Crippen LogP contribution in [0.1, 0.15) is 59.8 Å². The molecule has 0 N–H and O–H groups in total. The number of Topliss-reactive ketones (excluding diaryl/α,β-unsaturated/α-hetero) is 1. The number of ketones is 1. The molecule has 15 heavy (non-hydrogen) atoms. The van der Waals surface area contributed by atoms with Crippen molar-refractivity contribution in [1.29, 1.82) is 0 Å². The van der Waals surface area contributed by atoms with E-state index in [2.05, 4.69) is 39.5 Å². The van der Waals surface area contributed by atoms with E-state index in [4.69, 9.17) is 0 Å². The molecule has 0 bridgehead atoms. The first-order valence-electron chi connectivity index (χ1n) is 5.93. The quantitative estimate of drug-likeness (QED) is 0.599. The van der Waals surface area contributed by atoms with Gasteiger partial charge in [-0.25, -0.2) is 0 Å². The monoisotopic (exact) mass is 206 g/mol. The van der Waals surface area contributed by atoms with E-state index in [1.807, 2.05) is 0 Å². The summed E-state index contributed by atoms with van der Waals surface area (Å²) in [6.07, 6.45) is 4.55. The first-order valence-corrected chi connectivity index (χ1v) is 5.93. The third kappa shape index (κ3) is 3.70. The van der Waals surface area contributed by atoms with Gasteiger partial charge in [-0.3, -0.25) is 4.79 Å². The van der Waals surface area contributed by atoms with Crippen molar-refractivity contribution in [3.63, 3.8) is 0 Å². The summed E-state index contributed by atoms with van der Waals surface area (Å²) in [6.45, 7) is 8.51. The Morgan fingerprint density at radius 3 is 2.53 bits per heavy atom. The van der Waals surface area contributed by atoms with Gasteiger partial charge in [0.15, 0.2) is 0 Å². The largest absolute Gasteiger partial charge is 0.300 e. The summed E-state index contributed by atoms with van der Waals surface area (Å²) in [5, 5.41) is 0. The fraction of sp³-hybridized carbons (Fsp3) is 0.786. The molecule has 1 fully saturated rings. The van der Waals surface area contributed by atoms with Crippen LogP contribution in [0.3, 0.4) is 0 Å². The minimum atomic E-state index is -0.0113. The fourth-order valence-electron chi connectivity index (χ4n) is 2.00. The highest BCUT2D eigenvalue weighted by Gasteiger charge is 2.32. The lowest BCUT2D eigenvalue weighted by atomic mass is 9.72. The highest BCUT2D eigenvalue weighted by Crippen LogP contribution is 2.37. The molecule has 1 nitrogen and oxygen atoms in total. The SMILES string of the molecule is CC[C@]1(C#CC(C)(C)C)CCCC(=O)C1. The summed E-state index contributed by atoms with van der Waals surface area (Å²) in [6, 6.07) is 0. The van der Waals surface area contributed by atoms with Crippen molar-refractivity contribution >= 4 is 5.78 Å². The highest BCUT2D eigenvalue weighted by molar-refractivity contribution is 5.80. The second-order valence-corrected chi connectivity index (χ2v) is 5.70. The number of hydrogen-bond donors (Lipinski definition) is 0. The third-order valence-corrected chi connectivity index (χ3v) is 3.03. The van der Waals surface area contributed by atoms with Crippen molar-refractivity contribution in [3.8, 4) is 11.8 Å². The number of carbonyl (C=O) groups is 1. The molecule has 0 radical (unpaired) electrons. The third-order valence-electron chi connectivity index (χ3n) is 3.03. The smallest absolute Gasteiger partial charge is 0.134 e. The molecule has 0 amide bonds. The average Bonchev–Trinajstić information content (AvgIpc) is 2.14. The van der Waals surface area contributed by atoms with E-state index in [0.717, 1.165) is 25.7 Å². The van der Waals surface area contributed by atoms with Gasteiger partial charge in [0.25, 0.3) is 0 Å². The minimum absolute atomic E-state index is 0.0113. The van der Waals surface area contributed by atoms with Crippen LogP contribution in [0.25, 0.3) is 0 Å². The Balaban J connectivity index is 2.84. The van der Waals surface area contributed by atoms with Crippen molar-refractivity contribution in [3.05, 3.63) is 0 Å². The maximum absolute atomic E-state index is 11.5. The zero-order valence-electron chi connectivity index (χ0n) is 10.4. The Hall–Kier alpha value is -0.770. The molecule has 1 heteroatoms. The summed E-state index contributed by atoms with van der Waals surface area (Å²) >= 11 is 0. The molecule has 0 aromatic heterocycles. The molecular weight excluding hydrogens is 184 g/mol. The number of hydrogen-bond acceptors (Lipinski definition) is 1. The van der Waals surface area contributed by atoms with Gasteiger partial charge < -0.3 is 0 Å². The molecule has 1 aliphatic rings. The number of carbonyl (C=O) groups excluding carboxylic acids is 1. The molecule has 0 saturated heterocycles. The van der Waals surface area contributed by atoms with Gasteiger partial charge in [0.1, 0.15) is 5.78 Å². The molecule has 0 aromatic rings. The predicted octanol–water partition coefficient (Wildman–Crippen LogP) is 3.58. The Labute approximate surface area is 93.6 Å². The minimum Gasteiger partial charge on any atom is -0.300 e. The average molecular weight is 206 g/mol. The van der Waals surface area contributed by atoms with Crippen LogP contribution < -0.4 is 0 Å². The van der Waals surface area contributed by atoms with E-state index in [9.17, 15) is 4.79 Å². The van der Waals surface area contributed by atoms with E-state index in [-0.39, 0.29) is 10.8 Å². The van der Waals surface area contributed by atoms with E-state index in [0.29, 0.717) is 12.2 Å². The van der Waals surface area contributed by atoms with Gasteiger partial charge in [-0.15, -0.1) is 0 Å². The maximum Gasteiger partial charge on any atom is 0.134 e. The standard InChI is InChI=1S/C14H22O/c1-5-14(10-9-13(2,3)4)8-6-7-12(15)11-14/h5-8,11H2,1-4H3/t14-/m1/s1. The van der Waals surface area contributed by atoms with Gasteiger partial charge in [0.2, 0.25) is 0 Å². The van der Waals surface area contributed by atoms with Crippen molar-refractivity contribution in [2.24, 2.45) is 10.8 Å². The molecule has 84 valence electrons. The lowest BCUT2D eigenvalue weighted by molar-refractivity contribution is -0.122. The van der Waals surface area contributed by atoms with Crippen LogP contribution in [0.4, 0.5) is 0 Å². The van der Waals surface area contributed by atoms with Crippen LogP contribution >= 0.6 is 0 Å². The van der Waals surface area contributed by atoms with Crippen molar-refractivity contribution in [2.45, 2.75) is 59.8 Å². The summed E-state index contributed by atoms with van der Waals surface area (Å²) in [5.74, 6) is 7.08. The molecule has 0 heterocycles. The fourth-order valence-corrected chi connectivity index (χ4v) is 2.00. The maximum atomic E-state index is 11.5. The van der Waals surface area contributed by atoms with Crippen LogP contribution in [-0.2, 0) is 4.79 Å². The van der Waals surface area contributed by atoms with E-state index >= 15 is 0 Å². The van der Waals surface area contributed by atoms with Gasteiger partial charge in [-0.2, -0.15) is 0 Å². The van der Waals surface area contributed by atoms with Gasteiger partial charge in [-0.05, 0) is 40.0 Å². The Morgan fingerprint density at radius 2 is 2.07 bits per heavy atom. The molecule has 0 spiro atoms. The van der Waals surface area contributed by atoms with Crippen LogP contribution in [-0.4, -0.2) is 5.78 Å². The molecule has 1 atom stereocenters. The molecule has 0 unspecified atom stereocenters. The summed E-state index contributed by atoms with van der Waals surface area (Å²) in [4.78, 5) is 11.5. The van der Waals surface area contributed by atoms with E-state index in [1.165, 1.54) is 0 Å². The molecule has 1 aliphatic carbocycles. The van der Waals surface area contributed by atoms with E-state index < -0.39 is 0 Å². The van der Waals surface area contributed by atoms with Gasteiger partial charge in [0, 0.05) is 23.7 Å². The van der Waals surface area contributed by atoms with Crippen LogP contribution in [0.2, 0.25) is 0 Å². The first-order chi connectivity index (χ1) is 6.87. The topological polar surface area (TPSA) is 17.1 Å². The Morgan fingerprint density at radius 1 is 1.40 bits per heavy atom. The molecular formula is C14H22O. The summed E-state index contributed by atoms with van der Waals surface area (Å²) in [7, 11) is 0. The van der Waals surface area contributed by atoms with E-state index in [1.54, 1.807) is 0 Å². The normalized spacial score (nSPS) is 27.1. The first kappa shape index (κ1) is 12.3. The summed E-state index contributed by atoms with van der Waals surface area (Å²) in [5.41, 5.74) is 0.0330. The predicted molar refractivity (Wildman–Crippen MR) is 63.4 cm³/mol. The summed E-state index contributed by atoms with van der Waals surface area (Å²) < 4.78 is 0. The van der Waals surface area contributed by atoms with Crippen LogP contribution in [0.5, 0.6) is 0 Å². The second-order valence-electron chi connectivity index (χ2n) is 5.70. The Kier molecular flexibility index (Phi) is 3.60. The van der Waals surface area contributed by atoms with Gasteiger partial charge in [-0.1, -0.05) is 18.8 Å². The van der Waals surface area contributed by atoms with Crippen LogP contribution in [0.15, 0.2) is 0 Å². The van der Waals surface area contributed by atoms with Crippen molar-refractivity contribution in [2.75, 3.05) is 0 Å². The second kappa shape index (κ2) is 4.39. The van der Waals surface area contributed by atoms with Gasteiger partial charge in [0.05, 0.1) is 0 Å². The lowest BCUT2D eigenvalue weighted by Gasteiger charge is -2.30. The Bertz CT molecular complexity index is 298.